The van der Waals surface area contributed by atoms with Crippen molar-refractivity contribution in [1.82, 2.24) is 19.7 Å². The Labute approximate surface area is 244 Å². The number of halogens is 2. The highest BCUT2D eigenvalue weighted by Crippen LogP contribution is 2.41. The molecule has 0 bridgehead atoms. The molecule has 0 saturated carbocycles. The van der Waals surface area contributed by atoms with E-state index in [1.54, 1.807) is 36.5 Å². The molecule has 2 heterocycles. The van der Waals surface area contributed by atoms with Crippen LogP contribution in [0.15, 0.2) is 78.1 Å². The first-order valence-corrected chi connectivity index (χ1v) is 13.9. The summed E-state index contributed by atoms with van der Waals surface area (Å²) in [6.07, 6.45) is 3.47. The first kappa shape index (κ1) is 27.5. The van der Waals surface area contributed by atoms with E-state index in [-0.39, 0.29) is 22.5 Å². The summed E-state index contributed by atoms with van der Waals surface area (Å²) in [6, 6.07) is 21.4. The predicted octanol–water partition coefficient (Wildman–Crippen LogP) is 6.88. The second-order valence-corrected chi connectivity index (χ2v) is 10.2. The van der Waals surface area contributed by atoms with Crippen LogP contribution in [0.1, 0.15) is 16.7 Å². The first-order valence-electron chi connectivity index (χ1n) is 11.9. The molecule has 0 saturated heterocycles. The van der Waals surface area contributed by atoms with Gasteiger partial charge in [0.05, 0.1) is 39.5 Å². The summed E-state index contributed by atoms with van der Waals surface area (Å²) in [6.45, 7) is 0.0601. The Kier molecular flexibility index (Phi) is 8.24. The standard InChI is InChI=1S/C29H21Cl2N5O3S/c1-40-29-33-10-9-24(34-29)27-26(35-28(36(27)38)25-22(30)11-19(15-37)12-23(25)31)20-3-2-4-21(13-20)39-16-18-7-5-17(14-32)6-8-18/h2-13,37-38H,15-16H2,1H3. The Morgan fingerprint density at radius 3 is 2.42 bits per heavy atom. The minimum absolute atomic E-state index is 0.109. The van der Waals surface area contributed by atoms with Gasteiger partial charge in [-0.25, -0.2) is 15.0 Å². The quantitative estimate of drug-likeness (QED) is 0.114. The number of benzene rings is 3. The lowest BCUT2D eigenvalue weighted by atomic mass is 10.1. The Balaban J connectivity index is 1.60. The van der Waals surface area contributed by atoms with Gasteiger partial charge in [0.2, 0.25) is 0 Å². The van der Waals surface area contributed by atoms with Gasteiger partial charge in [0.1, 0.15) is 23.7 Å². The van der Waals surface area contributed by atoms with E-state index in [9.17, 15) is 10.3 Å². The number of nitrogens with zero attached hydrogens (tertiary/aromatic N) is 5. The largest absolute Gasteiger partial charge is 0.489 e. The van der Waals surface area contributed by atoms with E-state index in [4.69, 9.17) is 38.2 Å². The molecule has 0 amide bonds. The zero-order valence-electron chi connectivity index (χ0n) is 21.0. The zero-order chi connectivity index (χ0) is 28.2. The van der Waals surface area contributed by atoms with Crippen molar-refractivity contribution < 1.29 is 15.1 Å². The van der Waals surface area contributed by atoms with Crippen LogP contribution in [0.5, 0.6) is 5.75 Å². The molecule has 0 spiro atoms. The average Bonchev–Trinajstić information content (AvgIpc) is 3.32. The van der Waals surface area contributed by atoms with Gasteiger partial charge in [-0.1, -0.05) is 59.2 Å². The monoisotopic (exact) mass is 589 g/mol. The Morgan fingerprint density at radius 2 is 1.75 bits per heavy atom. The molecule has 40 heavy (non-hydrogen) atoms. The predicted molar refractivity (Wildman–Crippen MR) is 155 cm³/mol. The number of ether oxygens (including phenoxy) is 1. The zero-order valence-corrected chi connectivity index (χ0v) is 23.4. The van der Waals surface area contributed by atoms with Gasteiger partial charge in [0, 0.05) is 11.8 Å². The summed E-state index contributed by atoms with van der Waals surface area (Å²) < 4.78 is 6.93. The molecule has 0 aliphatic rings. The van der Waals surface area contributed by atoms with Crippen molar-refractivity contribution in [3.8, 4) is 45.9 Å². The number of aliphatic hydroxyl groups excluding tert-OH is 1. The molecule has 0 radical (unpaired) electrons. The molecule has 0 aliphatic heterocycles. The fourth-order valence-corrected chi connectivity index (χ4v) is 5.14. The Bertz CT molecular complexity index is 1710. The molecule has 0 unspecified atom stereocenters. The second-order valence-electron chi connectivity index (χ2n) is 8.59. The van der Waals surface area contributed by atoms with Crippen molar-refractivity contribution in [1.29, 1.82) is 5.26 Å². The van der Waals surface area contributed by atoms with Crippen LogP contribution < -0.4 is 4.74 Å². The lowest BCUT2D eigenvalue weighted by Gasteiger charge is -2.10. The fourth-order valence-electron chi connectivity index (χ4n) is 4.08. The maximum atomic E-state index is 11.4. The van der Waals surface area contributed by atoms with E-state index in [1.165, 1.54) is 11.8 Å². The van der Waals surface area contributed by atoms with E-state index in [0.717, 1.165) is 10.3 Å². The second kappa shape index (κ2) is 12.0. The molecule has 2 N–H and O–H groups in total. The Hall–Kier alpha value is -4.07. The van der Waals surface area contributed by atoms with Crippen molar-refractivity contribution in [3.05, 3.63) is 99.7 Å². The topological polar surface area (TPSA) is 117 Å². The van der Waals surface area contributed by atoms with Crippen molar-refractivity contribution in [2.45, 2.75) is 18.4 Å². The summed E-state index contributed by atoms with van der Waals surface area (Å²) in [7, 11) is 0. The molecule has 3 aromatic carbocycles. The lowest BCUT2D eigenvalue weighted by molar-refractivity contribution is 0.195. The molecule has 11 heteroatoms. The number of imidazole rings is 1. The number of aromatic nitrogens is 4. The highest BCUT2D eigenvalue weighted by Gasteiger charge is 2.26. The van der Waals surface area contributed by atoms with Gasteiger partial charge in [0.25, 0.3) is 0 Å². The number of hydrogen-bond donors (Lipinski definition) is 2. The maximum absolute atomic E-state index is 11.4. The minimum Gasteiger partial charge on any atom is -0.489 e. The summed E-state index contributed by atoms with van der Waals surface area (Å²) in [4.78, 5) is 13.6. The molecular formula is C29H21Cl2N5O3S. The summed E-state index contributed by atoms with van der Waals surface area (Å²) in [5, 5.41) is 31.0. The van der Waals surface area contributed by atoms with Gasteiger partial charge in [0.15, 0.2) is 11.0 Å². The highest BCUT2D eigenvalue weighted by molar-refractivity contribution is 7.98. The van der Waals surface area contributed by atoms with Gasteiger partial charge >= 0.3 is 0 Å². The van der Waals surface area contributed by atoms with E-state index in [0.29, 0.717) is 56.8 Å². The number of aliphatic hydroxyl groups is 1. The van der Waals surface area contributed by atoms with Crippen LogP contribution in [0.2, 0.25) is 10.0 Å². The molecule has 200 valence electrons. The molecule has 0 atom stereocenters. The molecule has 8 nitrogen and oxygen atoms in total. The van der Waals surface area contributed by atoms with Crippen molar-refractivity contribution >= 4 is 35.0 Å². The van der Waals surface area contributed by atoms with E-state index < -0.39 is 0 Å². The van der Waals surface area contributed by atoms with Gasteiger partial charge in [-0.05, 0) is 59.8 Å². The fraction of sp³-hybridized carbons (Fsp3) is 0.103. The van der Waals surface area contributed by atoms with E-state index >= 15 is 0 Å². The molecule has 2 aromatic heterocycles. The molecule has 5 rings (SSSR count). The van der Waals surface area contributed by atoms with Gasteiger partial charge in [-0.2, -0.15) is 9.99 Å². The number of hydrogen-bond acceptors (Lipinski definition) is 8. The number of rotatable bonds is 8. The van der Waals surface area contributed by atoms with Crippen molar-refractivity contribution in [3.63, 3.8) is 0 Å². The molecular weight excluding hydrogens is 569 g/mol. The van der Waals surface area contributed by atoms with Crippen LogP contribution in [-0.4, -0.2) is 36.3 Å². The van der Waals surface area contributed by atoms with Gasteiger partial charge < -0.3 is 15.1 Å². The lowest BCUT2D eigenvalue weighted by Crippen LogP contribution is -2.01. The van der Waals surface area contributed by atoms with Crippen molar-refractivity contribution in [2.75, 3.05) is 6.26 Å². The summed E-state index contributed by atoms with van der Waals surface area (Å²) in [5.74, 6) is 0.690. The van der Waals surface area contributed by atoms with Crippen molar-refractivity contribution in [2.24, 2.45) is 0 Å². The van der Waals surface area contributed by atoms with Gasteiger partial charge in [-0.15, -0.1) is 0 Å². The minimum atomic E-state index is -0.239. The SMILES string of the molecule is CSc1nccc(-c2c(-c3cccc(OCc4ccc(C#N)cc4)c3)nc(-c3c(Cl)cc(CO)cc3Cl)n2O)n1. The molecule has 5 aromatic rings. The maximum Gasteiger partial charge on any atom is 0.187 e. The highest BCUT2D eigenvalue weighted by atomic mass is 35.5. The summed E-state index contributed by atoms with van der Waals surface area (Å²) >= 11 is 14.4. The first-order chi connectivity index (χ1) is 19.4. The van der Waals surface area contributed by atoms with Crippen LogP contribution in [0.3, 0.4) is 0 Å². The normalized spacial score (nSPS) is 10.9. The van der Waals surface area contributed by atoms with E-state index in [1.807, 2.05) is 42.7 Å². The third-order valence-electron chi connectivity index (χ3n) is 6.02. The number of nitriles is 1. The van der Waals surface area contributed by atoms with E-state index in [2.05, 4.69) is 16.0 Å². The molecule has 0 aliphatic carbocycles. The van der Waals surface area contributed by atoms with Gasteiger partial charge in [-0.3, -0.25) is 0 Å². The van der Waals surface area contributed by atoms with Crippen LogP contribution in [0.4, 0.5) is 0 Å². The third-order valence-corrected chi connectivity index (χ3v) is 7.18. The molecule has 0 fully saturated rings. The average molecular weight is 590 g/mol. The third kappa shape index (κ3) is 5.62. The van der Waals surface area contributed by atoms with Crippen LogP contribution in [-0.2, 0) is 13.2 Å². The Morgan fingerprint density at radius 1 is 1.00 bits per heavy atom. The number of thioether (sulfide) groups is 1. The summed E-state index contributed by atoms with van der Waals surface area (Å²) in [5.41, 5.74) is 4.16. The smallest absolute Gasteiger partial charge is 0.187 e. The van der Waals surface area contributed by atoms with Crippen LogP contribution >= 0.6 is 35.0 Å². The van der Waals surface area contributed by atoms with Crippen LogP contribution in [0.25, 0.3) is 34.0 Å². The van der Waals surface area contributed by atoms with Crippen LogP contribution in [0, 0.1) is 11.3 Å².